The zero-order chi connectivity index (χ0) is 5.86. The van der Waals surface area contributed by atoms with Crippen LogP contribution in [-0.4, -0.2) is 17.5 Å². The largest absolute Gasteiger partial charge is 0.392 e. The van der Waals surface area contributed by atoms with E-state index in [1.165, 1.54) is 6.92 Å². The van der Waals surface area contributed by atoms with Crippen LogP contribution in [0.2, 0.25) is 0 Å². The highest BCUT2D eigenvalue weighted by Crippen LogP contribution is 1.85. The van der Waals surface area contributed by atoms with Crippen molar-refractivity contribution >= 4 is 5.78 Å². The molecular weight excluding hydrogens is 92.1 g/mol. The van der Waals surface area contributed by atoms with E-state index in [2.05, 4.69) is 6.58 Å². The highest BCUT2D eigenvalue weighted by atomic mass is 16.3. The predicted octanol–water partition coefficient (Wildman–Crippen LogP) is 0.124. The molecule has 0 fully saturated rings. The van der Waals surface area contributed by atoms with Crippen LogP contribution >= 0.6 is 0 Å². The minimum Gasteiger partial charge on any atom is -0.392 e. The van der Waals surface area contributed by atoms with Gasteiger partial charge in [0.1, 0.15) is 0 Å². The van der Waals surface area contributed by atoms with Crippen molar-refractivity contribution in [3.63, 3.8) is 0 Å². The Kier molecular flexibility index (Phi) is 2.30. The maximum atomic E-state index is 10.1. The lowest BCUT2D eigenvalue weighted by Crippen LogP contribution is -1.98. The number of rotatable bonds is 2. The van der Waals surface area contributed by atoms with Gasteiger partial charge in [0.2, 0.25) is 0 Å². The Balaban J connectivity index is 3.58. The van der Waals surface area contributed by atoms with Crippen molar-refractivity contribution in [2.45, 2.75) is 6.92 Å². The molecule has 0 atom stereocenters. The Morgan fingerprint density at radius 2 is 2.29 bits per heavy atom. The van der Waals surface area contributed by atoms with E-state index < -0.39 is 0 Å². The molecule has 0 aliphatic heterocycles. The molecule has 0 saturated heterocycles. The summed E-state index contributed by atoms with van der Waals surface area (Å²) in [6, 6.07) is 0. The van der Waals surface area contributed by atoms with Gasteiger partial charge in [-0.15, -0.1) is 0 Å². The van der Waals surface area contributed by atoms with Crippen molar-refractivity contribution in [1.82, 2.24) is 0 Å². The second-order valence-electron chi connectivity index (χ2n) is 1.32. The molecule has 0 saturated carbocycles. The molecule has 7 heavy (non-hydrogen) atoms. The molecule has 0 aromatic carbocycles. The molecule has 0 aliphatic carbocycles. The van der Waals surface area contributed by atoms with Crippen LogP contribution in [-0.2, 0) is 4.79 Å². The standard InChI is InChI=1S/C5H8O2/c1-4(3-6)5(2)7/h6H,1,3H2,2H3. The molecule has 0 radical (unpaired) electrons. The number of aliphatic hydroxyl groups is 1. The van der Waals surface area contributed by atoms with Crippen LogP contribution in [0.15, 0.2) is 12.2 Å². The predicted molar refractivity (Wildman–Crippen MR) is 26.9 cm³/mol. The molecule has 0 spiro atoms. The smallest absolute Gasteiger partial charge is 0.157 e. The third-order valence-electron chi connectivity index (χ3n) is 0.689. The number of Topliss-reactive ketones (excluding diaryl/α,β-unsaturated/α-hetero) is 1. The zero-order valence-electron chi connectivity index (χ0n) is 4.27. The van der Waals surface area contributed by atoms with E-state index in [0.29, 0.717) is 0 Å². The molecule has 1 N–H and O–H groups in total. The molecule has 0 unspecified atom stereocenters. The van der Waals surface area contributed by atoms with Gasteiger partial charge in [-0.3, -0.25) is 4.79 Å². The van der Waals surface area contributed by atoms with Crippen LogP contribution in [0.5, 0.6) is 0 Å². The van der Waals surface area contributed by atoms with Gasteiger partial charge >= 0.3 is 0 Å². The first-order chi connectivity index (χ1) is 3.18. The van der Waals surface area contributed by atoms with Gasteiger partial charge in [0, 0.05) is 5.57 Å². The van der Waals surface area contributed by atoms with E-state index in [1.807, 2.05) is 0 Å². The first-order valence-electron chi connectivity index (χ1n) is 1.98. The number of ketones is 1. The summed E-state index contributed by atoms with van der Waals surface area (Å²) in [5.74, 6) is -0.150. The first-order valence-corrected chi connectivity index (χ1v) is 1.98. The maximum absolute atomic E-state index is 10.1. The highest BCUT2D eigenvalue weighted by Gasteiger charge is 1.93. The quantitative estimate of drug-likeness (QED) is 0.500. The minimum absolute atomic E-state index is 0.150. The van der Waals surface area contributed by atoms with E-state index >= 15 is 0 Å². The fourth-order valence-corrected chi connectivity index (χ4v) is 0.111. The van der Waals surface area contributed by atoms with E-state index in [0.717, 1.165) is 0 Å². The van der Waals surface area contributed by atoms with Crippen molar-refractivity contribution in [3.05, 3.63) is 12.2 Å². The average Bonchev–Trinajstić information content (AvgIpc) is 1.65. The Hall–Kier alpha value is -0.630. The van der Waals surface area contributed by atoms with E-state index in [9.17, 15) is 4.79 Å². The molecular formula is C5H8O2. The maximum Gasteiger partial charge on any atom is 0.157 e. The SMILES string of the molecule is C=C(CO)C(C)=O. The molecule has 40 valence electrons. The van der Waals surface area contributed by atoms with Gasteiger partial charge in [0.25, 0.3) is 0 Å². The Labute approximate surface area is 42.5 Å². The van der Waals surface area contributed by atoms with Gasteiger partial charge < -0.3 is 5.11 Å². The lowest BCUT2D eigenvalue weighted by atomic mass is 10.2. The van der Waals surface area contributed by atoms with Gasteiger partial charge in [-0.1, -0.05) is 6.58 Å². The number of hydrogen-bond donors (Lipinski definition) is 1. The number of hydrogen-bond acceptors (Lipinski definition) is 2. The lowest BCUT2D eigenvalue weighted by Gasteiger charge is -1.88. The fourth-order valence-electron chi connectivity index (χ4n) is 0.111. The number of aliphatic hydroxyl groups excluding tert-OH is 1. The van der Waals surface area contributed by atoms with Gasteiger partial charge in [-0.25, -0.2) is 0 Å². The van der Waals surface area contributed by atoms with Gasteiger partial charge in [0.05, 0.1) is 6.61 Å². The normalized spacial score (nSPS) is 8.29. The Morgan fingerprint density at radius 3 is 2.29 bits per heavy atom. The second kappa shape index (κ2) is 2.53. The lowest BCUT2D eigenvalue weighted by molar-refractivity contribution is -0.113. The summed E-state index contributed by atoms with van der Waals surface area (Å²) in [6.45, 7) is 4.42. The summed E-state index contributed by atoms with van der Waals surface area (Å²) in [5, 5.41) is 8.18. The van der Waals surface area contributed by atoms with Crippen LogP contribution in [0.3, 0.4) is 0 Å². The molecule has 0 heterocycles. The average molecular weight is 100 g/mol. The Morgan fingerprint density at radius 1 is 1.86 bits per heavy atom. The van der Waals surface area contributed by atoms with Crippen LogP contribution in [0.25, 0.3) is 0 Å². The van der Waals surface area contributed by atoms with Gasteiger partial charge in [0.15, 0.2) is 5.78 Å². The first kappa shape index (κ1) is 6.37. The summed E-state index contributed by atoms with van der Waals surface area (Å²) >= 11 is 0. The van der Waals surface area contributed by atoms with Crippen LogP contribution in [0.1, 0.15) is 6.92 Å². The van der Waals surface area contributed by atoms with Crippen LogP contribution < -0.4 is 0 Å². The zero-order valence-corrected chi connectivity index (χ0v) is 4.27. The van der Waals surface area contributed by atoms with Crippen molar-refractivity contribution in [2.24, 2.45) is 0 Å². The van der Waals surface area contributed by atoms with Crippen molar-refractivity contribution < 1.29 is 9.90 Å². The summed E-state index contributed by atoms with van der Waals surface area (Å²) in [4.78, 5) is 10.1. The monoisotopic (exact) mass is 100 g/mol. The third kappa shape index (κ3) is 2.11. The van der Waals surface area contributed by atoms with Crippen LogP contribution in [0, 0.1) is 0 Å². The van der Waals surface area contributed by atoms with Crippen LogP contribution in [0.4, 0.5) is 0 Å². The highest BCUT2D eigenvalue weighted by molar-refractivity contribution is 5.92. The summed E-state index contributed by atoms with van der Waals surface area (Å²) in [7, 11) is 0. The molecule has 0 aromatic rings. The summed E-state index contributed by atoms with van der Waals surface area (Å²) < 4.78 is 0. The molecule has 2 heteroatoms. The van der Waals surface area contributed by atoms with Crippen molar-refractivity contribution in [2.75, 3.05) is 6.61 Å². The molecule has 0 aromatic heterocycles. The van der Waals surface area contributed by atoms with E-state index in [4.69, 9.17) is 5.11 Å². The van der Waals surface area contributed by atoms with Crippen molar-refractivity contribution in [3.8, 4) is 0 Å². The minimum atomic E-state index is -0.227. The second-order valence-corrected chi connectivity index (χ2v) is 1.32. The van der Waals surface area contributed by atoms with Crippen molar-refractivity contribution in [1.29, 1.82) is 0 Å². The van der Waals surface area contributed by atoms with Gasteiger partial charge in [-0.2, -0.15) is 0 Å². The molecule has 2 nitrogen and oxygen atoms in total. The molecule has 0 aliphatic rings. The van der Waals surface area contributed by atoms with E-state index in [1.54, 1.807) is 0 Å². The topological polar surface area (TPSA) is 37.3 Å². The Bertz CT molecular complexity index is 94.3. The number of carbonyl (C=O) groups excluding carboxylic acids is 1. The summed E-state index contributed by atoms with van der Waals surface area (Å²) in [6.07, 6.45) is 0. The molecule has 0 bridgehead atoms. The summed E-state index contributed by atoms with van der Waals surface area (Å²) in [5.41, 5.74) is 0.264. The van der Waals surface area contributed by atoms with Gasteiger partial charge in [-0.05, 0) is 6.92 Å². The molecule has 0 rings (SSSR count). The third-order valence-corrected chi connectivity index (χ3v) is 0.689. The van der Waals surface area contributed by atoms with E-state index in [-0.39, 0.29) is 18.0 Å². The molecule has 0 amide bonds. The fraction of sp³-hybridized carbons (Fsp3) is 0.400. The number of carbonyl (C=O) groups is 1.